The number of hydrogen-bond donors (Lipinski definition) is 0. The van der Waals surface area contributed by atoms with Crippen molar-refractivity contribution in [1.29, 1.82) is 0 Å². The molecule has 1 aromatic heterocycles. The molecular formula is C18H19NO4S. The maximum atomic E-state index is 12.8. The molecule has 0 radical (unpaired) electrons. The standard InChI is InChI=1S/C18H19NO4S/c1-13(18-12-14-6-4-5-7-17(14)23-18)19(2)24(20,21)16-10-8-15(22-3)9-11-16/h4-13H,1-3H3/t13-/m1/s1. The molecule has 1 heterocycles. The van der Waals surface area contributed by atoms with E-state index in [1.165, 1.54) is 16.4 Å². The van der Waals surface area contributed by atoms with Gasteiger partial charge in [0.25, 0.3) is 0 Å². The van der Waals surface area contributed by atoms with Crippen LogP contribution >= 0.6 is 0 Å². The third-order valence-electron chi connectivity index (χ3n) is 4.14. The lowest BCUT2D eigenvalue weighted by Crippen LogP contribution is -2.29. The van der Waals surface area contributed by atoms with E-state index in [0.29, 0.717) is 11.5 Å². The molecule has 126 valence electrons. The number of furan rings is 1. The molecule has 0 saturated heterocycles. The molecule has 3 rings (SSSR count). The smallest absolute Gasteiger partial charge is 0.243 e. The molecule has 0 spiro atoms. The number of rotatable bonds is 5. The van der Waals surface area contributed by atoms with E-state index in [9.17, 15) is 8.42 Å². The predicted octanol–water partition coefficient (Wildman–Crippen LogP) is 3.82. The fraction of sp³-hybridized carbons (Fsp3) is 0.222. The number of nitrogens with zero attached hydrogens (tertiary/aromatic N) is 1. The van der Waals surface area contributed by atoms with Crippen LogP contribution in [0.3, 0.4) is 0 Å². The highest BCUT2D eigenvalue weighted by Crippen LogP contribution is 2.30. The van der Waals surface area contributed by atoms with Gasteiger partial charge in [0.1, 0.15) is 17.1 Å². The quantitative estimate of drug-likeness (QED) is 0.705. The van der Waals surface area contributed by atoms with Crippen LogP contribution in [-0.4, -0.2) is 26.9 Å². The van der Waals surface area contributed by atoms with Crippen molar-refractivity contribution in [3.05, 3.63) is 60.4 Å². The second-order valence-electron chi connectivity index (χ2n) is 5.56. The van der Waals surface area contributed by atoms with E-state index in [4.69, 9.17) is 9.15 Å². The minimum Gasteiger partial charge on any atom is -0.497 e. The first-order chi connectivity index (χ1) is 11.4. The van der Waals surface area contributed by atoms with E-state index in [1.54, 1.807) is 33.2 Å². The largest absolute Gasteiger partial charge is 0.497 e. The fourth-order valence-electron chi connectivity index (χ4n) is 2.51. The third kappa shape index (κ3) is 2.90. The van der Waals surface area contributed by atoms with E-state index < -0.39 is 16.1 Å². The number of hydrogen-bond acceptors (Lipinski definition) is 4. The first kappa shape index (κ1) is 16.5. The highest BCUT2D eigenvalue weighted by atomic mass is 32.2. The summed E-state index contributed by atoms with van der Waals surface area (Å²) in [5.74, 6) is 1.22. The first-order valence-electron chi connectivity index (χ1n) is 7.54. The molecule has 0 aliphatic carbocycles. The molecule has 5 nitrogen and oxygen atoms in total. The Kier molecular flexibility index (Phi) is 4.34. The molecule has 0 fully saturated rings. The van der Waals surface area contributed by atoms with Crippen LogP contribution in [0.2, 0.25) is 0 Å². The van der Waals surface area contributed by atoms with E-state index in [0.717, 1.165) is 11.0 Å². The number of methoxy groups -OCH3 is 1. The van der Waals surface area contributed by atoms with Crippen LogP contribution in [0.15, 0.2) is 63.9 Å². The Labute approximate surface area is 141 Å². The third-order valence-corrected chi connectivity index (χ3v) is 6.08. The first-order valence-corrected chi connectivity index (χ1v) is 8.98. The summed E-state index contributed by atoms with van der Waals surface area (Å²) < 4.78 is 37.8. The van der Waals surface area contributed by atoms with Crippen LogP contribution in [-0.2, 0) is 10.0 Å². The molecule has 0 aliphatic heterocycles. The van der Waals surface area contributed by atoms with Crippen molar-refractivity contribution in [1.82, 2.24) is 4.31 Å². The van der Waals surface area contributed by atoms with E-state index >= 15 is 0 Å². The summed E-state index contributed by atoms with van der Waals surface area (Å²) in [6.45, 7) is 1.80. The van der Waals surface area contributed by atoms with Crippen LogP contribution in [0, 0.1) is 0 Å². The van der Waals surface area contributed by atoms with Crippen molar-refractivity contribution in [2.75, 3.05) is 14.2 Å². The second kappa shape index (κ2) is 6.30. The van der Waals surface area contributed by atoms with Gasteiger partial charge in [0.05, 0.1) is 18.0 Å². The van der Waals surface area contributed by atoms with Gasteiger partial charge in [-0.05, 0) is 43.3 Å². The Balaban J connectivity index is 1.91. The van der Waals surface area contributed by atoms with Crippen molar-refractivity contribution in [2.24, 2.45) is 0 Å². The molecule has 0 N–H and O–H groups in total. The molecule has 0 unspecified atom stereocenters. The Morgan fingerprint density at radius 2 is 1.75 bits per heavy atom. The Morgan fingerprint density at radius 1 is 1.08 bits per heavy atom. The molecule has 6 heteroatoms. The van der Waals surface area contributed by atoms with Crippen molar-refractivity contribution in [3.63, 3.8) is 0 Å². The zero-order valence-corrected chi connectivity index (χ0v) is 14.6. The van der Waals surface area contributed by atoms with E-state index in [2.05, 4.69) is 0 Å². The fourth-order valence-corrected chi connectivity index (χ4v) is 3.84. The molecule has 24 heavy (non-hydrogen) atoms. The van der Waals surface area contributed by atoms with Crippen molar-refractivity contribution < 1.29 is 17.6 Å². The Morgan fingerprint density at radius 3 is 2.38 bits per heavy atom. The zero-order chi connectivity index (χ0) is 17.3. The number of fused-ring (bicyclic) bond motifs is 1. The molecule has 3 aromatic rings. The van der Waals surface area contributed by atoms with Gasteiger partial charge >= 0.3 is 0 Å². The summed E-state index contributed by atoms with van der Waals surface area (Å²) in [6, 6.07) is 15.4. The van der Waals surface area contributed by atoms with Crippen LogP contribution < -0.4 is 4.74 Å². The molecule has 0 bridgehead atoms. The van der Waals surface area contributed by atoms with Crippen molar-refractivity contribution in [3.8, 4) is 5.75 Å². The molecule has 0 saturated carbocycles. The Bertz CT molecular complexity index is 912. The van der Waals surface area contributed by atoms with E-state index in [1.807, 2.05) is 30.3 Å². The van der Waals surface area contributed by atoms with Crippen LogP contribution in [0.1, 0.15) is 18.7 Å². The van der Waals surface area contributed by atoms with Gasteiger partial charge in [0.2, 0.25) is 10.0 Å². The Hall–Kier alpha value is -2.31. The van der Waals surface area contributed by atoms with Crippen molar-refractivity contribution >= 4 is 21.0 Å². The van der Waals surface area contributed by atoms with Crippen LogP contribution in [0.5, 0.6) is 5.75 Å². The maximum absolute atomic E-state index is 12.8. The lowest BCUT2D eigenvalue weighted by Gasteiger charge is -2.22. The summed E-state index contributed by atoms with van der Waals surface area (Å²) in [4.78, 5) is 0.216. The highest BCUT2D eigenvalue weighted by molar-refractivity contribution is 7.89. The van der Waals surface area contributed by atoms with Gasteiger partial charge in [0.15, 0.2) is 0 Å². The summed E-state index contributed by atoms with van der Waals surface area (Å²) in [5, 5.41) is 0.953. The lowest BCUT2D eigenvalue weighted by atomic mass is 10.2. The van der Waals surface area contributed by atoms with Gasteiger partial charge in [-0.1, -0.05) is 18.2 Å². The molecule has 2 aromatic carbocycles. The number of para-hydroxylation sites is 1. The van der Waals surface area contributed by atoms with Gasteiger partial charge in [-0.3, -0.25) is 0 Å². The van der Waals surface area contributed by atoms with Gasteiger partial charge in [0, 0.05) is 12.4 Å². The van der Waals surface area contributed by atoms with Crippen molar-refractivity contribution in [2.45, 2.75) is 17.9 Å². The summed E-state index contributed by atoms with van der Waals surface area (Å²) in [6.07, 6.45) is 0. The number of ether oxygens (including phenoxy) is 1. The average Bonchev–Trinajstić information content (AvgIpc) is 3.04. The molecule has 0 amide bonds. The van der Waals surface area contributed by atoms with Crippen LogP contribution in [0.4, 0.5) is 0 Å². The summed E-state index contributed by atoms with van der Waals surface area (Å²) in [5.41, 5.74) is 0.745. The lowest BCUT2D eigenvalue weighted by molar-refractivity contribution is 0.348. The SMILES string of the molecule is COc1ccc(S(=O)(=O)N(C)[C@H](C)c2cc3ccccc3o2)cc1. The van der Waals surface area contributed by atoms with Gasteiger partial charge in [-0.15, -0.1) is 0 Å². The monoisotopic (exact) mass is 345 g/mol. The topological polar surface area (TPSA) is 59.8 Å². The van der Waals surface area contributed by atoms with Crippen LogP contribution in [0.25, 0.3) is 11.0 Å². The number of sulfonamides is 1. The zero-order valence-electron chi connectivity index (χ0n) is 13.8. The maximum Gasteiger partial charge on any atom is 0.243 e. The molecule has 1 atom stereocenters. The minimum atomic E-state index is -3.63. The minimum absolute atomic E-state index is 0.216. The predicted molar refractivity (Wildman–Crippen MR) is 92.6 cm³/mol. The van der Waals surface area contributed by atoms with Gasteiger partial charge in [-0.2, -0.15) is 4.31 Å². The molecular weight excluding hydrogens is 326 g/mol. The summed E-state index contributed by atoms with van der Waals surface area (Å²) in [7, 11) is -0.537. The van der Waals surface area contributed by atoms with E-state index in [-0.39, 0.29) is 4.90 Å². The van der Waals surface area contributed by atoms with Gasteiger partial charge in [-0.25, -0.2) is 8.42 Å². The van der Waals surface area contributed by atoms with Gasteiger partial charge < -0.3 is 9.15 Å². The normalized spacial score (nSPS) is 13.3. The average molecular weight is 345 g/mol. The second-order valence-corrected chi connectivity index (χ2v) is 7.56. The summed E-state index contributed by atoms with van der Waals surface area (Å²) >= 11 is 0. The highest BCUT2D eigenvalue weighted by Gasteiger charge is 2.28. The molecule has 0 aliphatic rings. The number of benzene rings is 2.